The number of fused-ring (bicyclic) bond motifs is 1. The maximum atomic E-state index is 5.66. The van der Waals surface area contributed by atoms with Crippen LogP contribution in [0.15, 0.2) is 18.5 Å². The Hall–Kier alpha value is -2.36. The molecule has 1 fully saturated rings. The van der Waals surface area contributed by atoms with Crippen molar-refractivity contribution in [2.75, 3.05) is 44.0 Å². The number of morpholine rings is 1. The lowest BCUT2D eigenvalue weighted by molar-refractivity contribution is 0.0224. The standard InChI is InChI=1S/C18H22N6O2S/c1-18(2,25-3)13-8-12-15(24-4-6-26-7-5-24)22-14(23-16(12)27-13)11-9-20-17(19)21-10-11/h8-10H,4-7H2,1-3H3,(H2,19,20,21). The number of thiophene rings is 1. The van der Waals surface area contributed by atoms with Gasteiger partial charge in [0.1, 0.15) is 10.6 Å². The van der Waals surface area contributed by atoms with Crippen molar-refractivity contribution in [2.24, 2.45) is 0 Å². The number of methoxy groups -OCH3 is 1. The van der Waals surface area contributed by atoms with Crippen LogP contribution in [0, 0.1) is 0 Å². The summed E-state index contributed by atoms with van der Waals surface area (Å²) >= 11 is 1.62. The first-order chi connectivity index (χ1) is 13.0. The van der Waals surface area contributed by atoms with Crippen molar-refractivity contribution in [1.29, 1.82) is 0 Å². The monoisotopic (exact) mass is 386 g/mol. The third kappa shape index (κ3) is 3.45. The molecule has 0 atom stereocenters. The summed E-state index contributed by atoms with van der Waals surface area (Å²) in [5, 5.41) is 1.03. The van der Waals surface area contributed by atoms with Crippen LogP contribution in [0.4, 0.5) is 11.8 Å². The number of rotatable bonds is 4. The molecule has 1 saturated heterocycles. The lowest BCUT2D eigenvalue weighted by Crippen LogP contribution is -2.37. The molecule has 0 spiro atoms. The summed E-state index contributed by atoms with van der Waals surface area (Å²) in [6.45, 7) is 7.06. The maximum Gasteiger partial charge on any atom is 0.219 e. The number of aromatic nitrogens is 4. The number of nitrogens with two attached hydrogens (primary N) is 1. The van der Waals surface area contributed by atoms with E-state index in [4.69, 9.17) is 25.2 Å². The van der Waals surface area contributed by atoms with Gasteiger partial charge >= 0.3 is 0 Å². The molecule has 0 aliphatic carbocycles. The Morgan fingerprint density at radius 2 is 1.89 bits per heavy atom. The topological polar surface area (TPSA) is 99.3 Å². The Bertz CT molecular complexity index is 950. The van der Waals surface area contributed by atoms with E-state index < -0.39 is 5.60 Å². The van der Waals surface area contributed by atoms with E-state index in [-0.39, 0.29) is 5.95 Å². The molecular weight excluding hydrogens is 364 g/mol. The molecule has 1 aliphatic heterocycles. The molecule has 3 aromatic heterocycles. The number of hydrogen-bond acceptors (Lipinski definition) is 9. The Morgan fingerprint density at radius 1 is 1.19 bits per heavy atom. The van der Waals surface area contributed by atoms with Gasteiger partial charge in [-0.25, -0.2) is 19.9 Å². The summed E-state index contributed by atoms with van der Waals surface area (Å²) in [4.78, 5) is 22.0. The van der Waals surface area contributed by atoms with Crippen LogP contribution in [0.2, 0.25) is 0 Å². The molecule has 142 valence electrons. The van der Waals surface area contributed by atoms with Crippen LogP contribution in [-0.2, 0) is 15.1 Å². The largest absolute Gasteiger partial charge is 0.378 e. The van der Waals surface area contributed by atoms with Gasteiger partial charge in [-0.3, -0.25) is 0 Å². The Balaban J connectivity index is 1.88. The lowest BCUT2D eigenvalue weighted by Gasteiger charge is -2.28. The maximum absolute atomic E-state index is 5.66. The fraction of sp³-hybridized carbons (Fsp3) is 0.444. The van der Waals surface area contributed by atoms with Gasteiger partial charge in [-0.05, 0) is 19.9 Å². The van der Waals surface area contributed by atoms with E-state index >= 15 is 0 Å². The number of hydrogen-bond donors (Lipinski definition) is 1. The van der Waals surface area contributed by atoms with Crippen LogP contribution in [-0.4, -0.2) is 53.3 Å². The predicted molar refractivity (Wildman–Crippen MR) is 106 cm³/mol. The first-order valence-corrected chi connectivity index (χ1v) is 9.57. The zero-order valence-corrected chi connectivity index (χ0v) is 16.4. The van der Waals surface area contributed by atoms with Crippen molar-refractivity contribution in [2.45, 2.75) is 19.4 Å². The molecule has 0 amide bonds. The highest BCUT2D eigenvalue weighted by Gasteiger charge is 2.26. The minimum atomic E-state index is -0.391. The minimum Gasteiger partial charge on any atom is -0.378 e. The Labute approximate surface area is 161 Å². The molecule has 0 radical (unpaired) electrons. The Morgan fingerprint density at radius 3 is 2.56 bits per heavy atom. The molecule has 27 heavy (non-hydrogen) atoms. The third-order valence-corrected chi connectivity index (χ3v) is 6.05. The predicted octanol–water partition coefficient (Wildman–Crippen LogP) is 2.45. The van der Waals surface area contributed by atoms with E-state index in [2.05, 4.69) is 20.9 Å². The van der Waals surface area contributed by atoms with Gasteiger partial charge in [0, 0.05) is 37.5 Å². The van der Waals surface area contributed by atoms with Gasteiger partial charge in [-0.2, -0.15) is 0 Å². The van der Waals surface area contributed by atoms with Crippen molar-refractivity contribution in [3.8, 4) is 11.4 Å². The molecule has 2 N–H and O–H groups in total. The van der Waals surface area contributed by atoms with Crippen LogP contribution in [0.5, 0.6) is 0 Å². The second-order valence-electron chi connectivity index (χ2n) is 6.84. The van der Waals surface area contributed by atoms with Crippen LogP contribution >= 0.6 is 11.3 Å². The fourth-order valence-corrected chi connectivity index (χ4v) is 4.01. The van der Waals surface area contributed by atoms with Gasteiger partial charge in [0.2, 0.25) is 5.95 Å². The first-order valence-electron chi connectivity index (χ1n) is 8.76. The van der Waals surface area contributed by atoms with E-state index in [1.54, 1.807) is 30.8 Å². The second-order valence-corrected chi connectivity index (χ2v) is 7.87. The van der Waals surface area contributed by atoms with Crippen LogP contribution < -0.4 is 10.6 Å². The molecule has 4 rings (SSSR count). The fourth-order valence-electron chi connectivity index (χ4n) is 2.90. The quantitative estimate of drug-likeness (QED) is 0.730. The number of anilines is 2. The summed E-state index contributed by atoms with van der Waals surface area (Å²) in [6.07, 6.45) is 3.31. The van der Waals surface area contributed by atoms with Gasteiger partial charge in [0.25, 0.3) is 0 Å². The summed E-state index contributed by atoms with van der Waals surface area (Å²) < 4.78 is 11.2. The molecule has 4 heterocycles. The highest BCUT2D eigenvalue weighted by atomic mass is 32.1. The first kappa shape index (κ1) is 18.0. The lowest BCUT2D eigenvalue weighted by atomic mass is 10.1. The zero-order chi connectivity index (χ0) is 19.0. The summed E-state index contributed by atoms with van der Waals surface area (Å²) in [7, 11) is 1.72. The van der Waals surface area contributed by atoms with Crippen LogP contribution in [0.1, 0.15) is 18.7 Å². The highest BCUT2D eigenvalue weighted by Crippen LogP contribution is 2.38. The third-order valence-electron chi connectivity index (χ3n) is 4.72. The summed E-state index contributed by atoms with van der Waals surface area (Å²) in [5.74, 6) is 1.73. The van der Waals surface area contributed by atoms with Gasteiger partial charge < -0.3 is 20.1 Å². The SMILES string of the molecule is COC(C)(C)c1cc2c(N3CCOCC3)nc(-c3cnc(N)nc3)nc2s1. The summed E-state index contributed by atoms with van der Waals surface area (Å²) in [6, 6.07) is 2.14. The van der Waals surface area contributed by atoms with Gasteiger partial charge in [-0.1, -0.05) is 0 Å². The van der Waals surface area contributed by atoms with E-state index in [1.165, 1.54) is 0 Å². The van der Waals surface area contributed by atoms with Gasteiger partial charge in [-0.15, -0.1) is 11.3 Å². The summed E-state index contributed by atoms with van der Waals surface area (Å²) in [5.41, 5.74) is 5.96. The Kier molecular flexibility index (Phi) is 4.67. The highest BCUT2D eigenvalue weighted by molar-refractivity contribution is 7.18. The van der Waals surface area contributed by atoms with E-state index in [1.807, 2.05) is 13.8 Å². The van der Waals surface area contributed by atoms with Crippen LogP contribution in [0.3, 0.4) is 0 Å². The number of nitrogen functional groups attached to an aromatic ring is 1. The van der Waals surface area contributed by atoms with Crippen molar-refractivity contribution in [3.05, 3.63) is 23.3 Å². The number of nitrogens with zero attached hydrogens (tertiary/aromatic N) is 5. The van der Waals surface area contributed by atoms with E-state index in [0.29, 0.717) is 19.0 Å². The van der Waals surface area contributed by atoms with E-state index in [0.717, 1.165) is 39.6 Å². The molecule has 0 aromatic carbocycles. The van der Waals surface area contributed by atoms with Gasteiger partial charge in [0.05, 0.1) is 29.8 Å². The smallest absolute Gasteiger partial charge is 0.219 e. The normalized spacial score (nSPS) is 15.4. The molecule has 1 aliphatic rings. The molecule has 9 heteroatoms. The van der Waals surface area contributed by atoms with Crippen molar-refractivity contribution < 1.29 is 9.47 Å². The van der Waals surface area contributed by atoms with E-state index in [9.17, 15) is 0 Å². The molecule has 0 saturated carbocycles. The molecule has 0 bridgehead atoms. The molecule has 0 unspecified atom stereocenters. The van der Waals surface area contributed by atoms with Crippen LogP contribution in [0.25, 0.3) is 21.6 Å². The van der Waals surface area contributed by atoms with Gasteiger partial charge in [0.15, 0.2) is 5.82 Å². The van der Waals surface area contributed by atoms with Crippen molar-refractivity contribution in [1.82, 2.24) is 19.9 Å². The molecule has 8 nitrogen and oxygen atoms in total. The van der Waals surface area contributed by atoms with Crippen molar-refractivity contribution in [3.63, 3.8) is 0 Å². The second kappa shape index (κ2) is 6.99. The minimum absolute atomic E-state index is 0.230. The zero-order valence-electron chi connectivity index (χ0n) is 15.6. The molecule has 3 aromatic rings. The van der Waals surface area contributed by atoms with Crippen molar-refractivity contribution >= 4 is 33.3 Å². The average molecular weight is 386 g/mol. The molecular formula is C18H22N6O2S. The average Bonchev–Trinajstić information content (AvgIpc) is 3.13. The number of ether oxygens (including phenoxy) is 2.